The van der Waals surface area contributed by atoms with Crippen LogP contribution in [0, 0.1) is 0 Å². The summed E-state index contributed by atoms with van der Waals surface area (Å²) in [6, 6.07) is 5.31. The first-order valence-corrected chi connectivity index (χ1v) is 8.46. The van der Waals surface area contributed by atoms with E-state index < -0.39 is 21.7 Å². The van der Waals surface area contributed by atoms with Gasteiger partial charge in [-0.2, -0.15) is 0 Å². The van der Waals surface area contributed by atoms with E-state index in [1.165, 1.54) is 11.9 Å². The highest BCUT2D eigenvalue weighted by Crippen LogP contribution is 2.44. The number of carbonyl (C=O) groups is 2. The number of hydrogen-bond acceptors (Lipinski definition) is 4. The molecule has 0 spiro atoms. The number of nitrogens with zero attached hydrogens (tertiary/aromatic N) is 1. The Morgan fingerprint density at radius 3 is 2.90 bits per heavy atom. The average Bonchev–Trinajstić information content (AvgIpc) is 2.83. The number of ketones is 1. The zero-order valence-electron chi connectivity index (χ0n) is 11.6. The zero-order valence-corrected chi connectivity index (χ0v) is 12.4. The summed E-state index contributed by atoms with van der Waals surface area (Å²) in [6.07, 6.45) is 1.20. The van der Waals surface area contributed by atoms with Gasteiger partial charge in [0.05, 0.1) is 0 Å². The predicted molar refractivity (Wildman–Crippen MR) is 77.9 cm³/mol. The van der Waals surface area contributed by atoms with Gasteiger partial charge in [-0.05, 0) is 25.1 Å². The average molecular weight is 308 g/mol. The van der Waals surface area contributed by atoms with Crippen LogP contribution in [0.25, 0.3) is 0 Å². The van der Waals surface area contributed by atoms with Gasteiger partial charge in [0.25, 0.3) is 0 Å². The first-order chi connectivity index (χ1) is 9.93. The van der Waals surface area contributed by atoms with Gasteiger partial charge in [0.15, 0.2) is 5.78 Å². The first kappa shape index (κ1) is 14.2. The summed E-state index contributed by atoms with van der Waals surface area (Å²) >= 11 is 0. The molecule has 1 unspecified atom stereocenters. The van der Waals surface area contributed by atoms with E-state index in [0.717, 1.165) is 5.56 Å². The van der Waals surface area contributed by atoms with Crippen molar-refractivity contribution in [3.63, 3.8) is 0 Å². The van der Waals surface area contributed by atoms with Crippen molar-refractivity contribution in [2.45, 2.75) is 18.8 Å². The van der Waals surface area contributed by atoms with Crippen molar-refractivity contribution in [1.82, 2.24) is 4.72 Å². The van der Waals surface area contributed by atoms with Crippen LogP contribution in [-0.4, -0.2) is 39.5 Å². The van der Waals surface area contributed by atoms with E-state index in [4.69, 9.17) is 0 Å². The molecule has 1 heterocycles. The molecular formula is C14H16N2O4S. The van der Waals surface area contributed by atoms with Gasteiger partial charge in [0.2, 0.25) is 15.9 Å². The second-order valence-electron chi connectivity index (χ2n) is 5.36. The monoisotopic (exact) mass is 308 g/mol. The molecule has 0 radical (unpaired) electrons. The number of amides is 1. The second-order valence-corrected chi connectivity index (χ2v) is 7.29. The Bertz CT molecular complexity index is 726. The first-order valence-electron chi connectivity index (χ1n) is 6.80. The number of carbonyl (C=O) groups excluding carboxylic acids is 2. The fraction of sp³-hybridized carbons (Fsp3) is 0.429. The molecule has 2 aliphatic rings. The van der Waals surface area contributed by atoms with Crippen LogP contribution in [0.3, 0.4) is 0 Å². The maximum atomic E-state index is 12.3. The SMILES string of the molecule is CNS(=O)(=O)CC(=O)N1CC2CCC(=O)c3cccc1c32. The topological polar surface area (TPSA) is 83.6 Å². The van der Waals surface area contributed by atoms with E-state index in [1.54, 1.807) is 18.2 Å². The van der Waals surface area contributed by atoms with Gasteiger partial charge < -0.3 is 4.90 Å². The summed E-state index contributed by atoms with van der Waals surface area (Å²) < 4.78 is 25.2. The van der Waals surface area contributed by atoms with E-state index in [0.29, 0.717) is 30.6 Å². The molecule has 1 N–H and O–H groups in total. The van der Waals surface area contributed by atoms with Crippen LogP contribution in [-0.2, 0) is 14.8 Å². The van der Waals surface area contributed by atoms with Crippen molar-refractivity contribution in [2.24, 2.45) is 0 Å². The highest BCUT2D eigenvalue weighted by molar-refractivity contribution is 7.90. The molecule has 0 fully saturated rings. The van der Waals surface area contributed by atoms with Crippen molar-refractivity contribution in [3.8, 4) is 0 Å². The molecule has 112 valence electrons. The quantitative estimate of drug-likeness (QED) is 0.888. The number of rotatable bonds is 3. The van der Waals surface area contributed by atoms with Crippen LogP contribution in [0.15, 0.2) is 18.2 Å². The molecule has 1 amide bonds. The molecule has 0 aromatic heterocycles. The summed E-state index contributed by atoms with van der Waals surface area (Å²) in [6.45, 7) is 0.456. The van der Waals surface area contributed by atoms with Crippen molar-refractivity contribution in [1.29, 1.82) is 0 Å². The smallest absolute Gasteiger partial charge is 0.243 e. The Hall–Kier alpha value is -1.73. The van der Waals surface area contributed by atoms with Crippen molar-refractivity contribution < 1.29 is 18.0 Å². The normalized spacial score (nSPS) is 20.5. The Morgan fingerprint density at radius 1 is 1.43 bits per heavy atom. The van der Waals surface area contributed by atoms with Crippen molar-refractivity contribution >= 4 is 27.4 Å². The van der Waals surface area contributed by atoms with E-state index >= 15 is 0 Å². The molecule has 1 aromatic rings. The molecule has 0 saturated heterocycles. The van der Waals surface area contributed by atoms with E-state index in [-0.39, 0.29) is 11.7 Å². The van der Waals surface area contributed by atoms with Crippen LogP contribution in [0.1, 0.15) is 34.7 Å². The van der Waals surface area contributed by atoms with Gasteiger partial charge in [0, 0.05) is 30.1 Å². The van der Waals surface area contributed by atoms with Gasteiger partial charge >= 0.3 is 0 Å². The Balaban J connectivity index is 1.96. The number of anilines is 1. The number of nitrogens with one attached hydrogen (secondary N) is 1. The zero-order chi connectivity index (χ0) is 15.2. The molecule has 21 heavy (non-hydrogen) atoms. The molecule has 0 saturated carbocycles. The Morgan fingerprint density at radius 2 is 2.19 bits per heavy atom. The summed E-state index contributed by atoms with van der Waals surface area (Å²) in [5.74, 6) is -0.802. The third kappa shape index (κ3) is 2.36. The summed E-state index contributed by atoms with van der Waals surface area (Å²) in [4.78, 5) is 25.7. The lowest BCUT2D eigenvalue weighted by atomic mass is 9.83. The van der Waals surface area contributed by atoms with Crippen LogP contribution in [0.2, 0.25) is 0 Å². The van der Waals surface area contributed by atoms with Gasteiger partial charge in [-0.3, -0.25) is 9.59 Å². The maximum Gasteiger partial charge on any atom is 0.243 e. The molecular weight excluding hydrogens is 292 g/mol. The number of hydrogen-bond donors (Lipinski definition) is 1. The summed E-state index contributed by atoms with van der Waals surface area (Å²) in [5.41, 5.74) is 2.27. The van der Waals surface area contributed by atoms with Crippen molar-refractivity contribution in [2.75, 3.05) is 24.2 Å². The maximum absolute atomic E-state index is 12.3. The lowest BCUT2D eigenvalue weighted by molar-refractivity contribution is -0.116. The van der Waals surface area contributed by atoms with Gasteiger partial charge in [0.1, 0.15) is 5.75 Å². The minimum absolute atomic E-state index is 0.0974. The molecule has 6 nitrogen and oxygen atoms in total. The fourth-order valence-corrected chi connectivity index (χ4v) is 3.72. The van der Waals surface area contributed by atoms with E-state index in [1.807, 2.05) is 0 Å². The predicted octanol–water partition coefficient (Wildman–Crippen LogP) is 0.643. The number of Topliss-reactive ketones (excluding diaryl/α,β-unsaturated/α-hetero) is 1. The number of sulfonamides is 1. The number of benzene rings is 1. The highest BCUT2D eigenvalue weighted by atomic mass is 32.2. The van der Waals surface area contributed by atoms with Crippen LogP contribution in [0.5, 0.6) is 0 Å². The Labute approximate surface area is 123 Å². The summed E-state index contributed by atoms with van der Waals surface area (Å²) in [7, 11) is -2.31. The van der Waals surface area contributed by atoms with Gasteiger partial charge in [-0.25, -0.2) is 13.1 Å². The van der Waals surface area contributed by atoms with Crippen LogP contribution in [0.4, 0.5) is 5.69 Å². The second kappa shape index (κ2) is 4.92. The molecule has 1 aliphatic carbocycles. The molecule has 0 bridgehead atoms. The van der Waals surface area contributed by atoms with Gasteiger partial charge in [-0.15, -0.1) is 0 Å². The molecule has 3 rings (SSSR count). The lowest BCUT2D eigenvalue weighted by Crippen LogP contribution is -2.38. The largest absolute Gasteiger partial charge is 0.311 e. The third-order valence-corrected chi connectivity index (χ3v) is 5.38. The standard InChI is InChI=1S/C14H16N2O4S/c1-15-21(19,20)8-13(18)16-7-9-5-6-12(17)10-3-2-4-11(16)14(9)10/h2-4,9,15H,5-8H2,1H3. The molecule has 1 aromatic carbocycles. The molecule has 7 heteroatoms. The van der Waals surface area contributed by atoms with Crippen molar-refractivity contribution in [3.05, 3.63) is 29.3 Å². The van der Waals surface area contributed by atoms with E-state index in [2.05, 4.69) is 4.72 Å². The Kier molecular flexibility index (Phi) is 3.33. The van der Waals surface area contributed by atoms with Gasteiger partial charge in [-0.1, -0.05) is 12.1 Å². The lowest BCUT2D eigenvalue weighted by Gasteiger charge is -2.18. The minimum Gasteiger partial charge on any atom is -0.311 e. The molecule has 1 atom stereocenters. The highest BCUT2D eigenvalue weighted by Gasteiger charge is 2.38. The third-order valence-electron chi connectivity index (χ3n) is 4.13. The fourth-order valence-electron chi connectivity index (χ4n) is 3.10. The van der Waals surface area contributed by atoms with E-state index in [9.17, 15) is 18.0 Å². The summed E-state index contributed by atoms with van der Waals surface area (Å²) in [5, 5.41) is 0. The van der Waals surface area contributed by atoms with Crippen LogP contribution >= 0.6 is 0 Å². The van der Waals surface area contributed by atoms with Crippen LogP contribution < -0.4 is 9.62 Å². The minimum atomic E-state index is -3.60. The molecule has 1 aliphatic heterocycles.